The number of nitrogens with zero attached hydrogens (tertiary/aromatic N) is 2. The Balaban J connectivity index is 0.000000122. The fourth-order valence-electron chi connectivity index (χ4n) is 17.3. The number of phenols is 1. The lowest BCUT2D eigenvalue weighted by molar-refractivity contribution is -0.138. The first-order chi connectivity index (χ1) is 64.1. The smallest absolute Gasteiger partial charge is 0.417 e. The molecule has 11 N–H and O–H groups in total. The largest absolute Gasteiger partial charge is 0.507 e. The molecule has 20 rings (SSSR count). The van der Waals surface area contributed by atoms with Gasteiger partial charge in [-0.15, -0.1) is 0 Å². The third kappa shape index (κ3) is 23.8. The quantitative estimate of drug-likeness (QED) is 0.0250. The maximum atomic E-state index is 13.8. The molecule has 0 spiro atoms. The molecule has 5 atom stereocenters. The van der Waals surface area contributed by atoms with Crippen molar-refractivity contribution in [2.24, 2.45) is 0 Å². The van der Waals surface area contributed by atoms with Gasteiger partial charge in [0.05, 0.1) is 11.1 Å². The van der Waals surface area contributed by atoms with Crippen molar-refractivity contribution < 1.29 is 64.2 Å². The molecule has 5 aliphatic heterocycles. The fraction of sp³-hybridized carbons (Fsp3) is 0.333. The van der Waals surface area contributed by atoms with E-state index in [2.05, 4.69) is 61.5 Å². The molecule has 7 aromatic heterocycles. The predicted molar refractivity (Wildman–Crippen MR) is 490 cm³/mol. The Morgan fingerprint density at radius 1 is 0.343 bits per heavy atom. The average molecular weight is 1850 g/mol. The number of aromatic nitrogens is 7. The minimum Gasteiger partial charge on any atom is -0.507 e. The van der Waals surface area contributed by atoms with Crippen molar-refractivity contribution >= 4 is 69.0 Å². The van der Waals surface area contributed by atoms with E-state index in [1.165, 1.54) is 30.5 Å². The standard InChI is InChI=1S/2C22H21F3N2O2.C20H19FN2O3.C19H18ClN3O2.C19H18FN3O2/c1-12-2-6-16(18(10-12)22(23,24)25)17(11-14-5-9-20(28)26-14)19-8-7-15(13-3-4-13)21(29)27-19;1-12-8-14(10-15(9-12)22(23,24)25)18(11-16-4-7-20(28)26-16)19-6-5-17(13-2-3-13)21(29)27-19;21-12-3-5-15(18(24)9-12)16(10-13-4-8-19(25)22-13)17-7-6-14(11-1-2-11)20(26)23-17;2*20-17-7-3-12(10-21-17)15(9-13-4-8-18(24)22-13)16-6-5-14(11-1-2-11)19(25)23-16/h2,6-8,10-11,13-14H,3-5,9H2,1H3,(H,26,28)(H,27,29);5-6,8-11,13,16H,2-4,7H2,1H3,(H,26,28)(H,27,29);3,5-7,9-11,13,24H,1-2,4,8H2,(H,22,25)(H,23,26);2*3,5-7,9-11,13H,1-2,4,8H2,(H,22,24)(H,23,25)/b17-11+;18-11+;16-10+;2*15-9+/t14-;16-;3*13-/m11111/s1. The molecule has 10 fully saturated rings. The van der Waals surface area contributed by atoms with E-state index in [0.29, 0.717) is 154 Å². The first kappa shape index (κ1) is 93.5. The number of pyridine rings is 7. The zero-order chi connectivity index (χ0) is 94.6. The van der Waals surface area contributed by atoms with Crippen molar-refractivity contribution in [3.63, 3.8) is 0 Å². The molecule has 134 heavy (non-hydrogen) atoms. The van der Waals surface area contributed by atoms with Gasteiger partial charge in [0.1, 0.15) is 16.7 Å². The molecular weight excluding hydrogens is 1760 g/mol. The van der Waals surface area contributed by atoms with Gasteiger partial charge in [-0.05, 0) is 241 Å². The van der Waals surface area contributed by atoms with Gasteiger partial charge in [-0.25, -0.2) is 14.4 Å². The number of carbonyl (C=O) groups is 5. The Morgan fingerprint density at radius 3 is 0.970 bits per heavy atom. The molecule has 23 nitrogen and oxygen atoms in total. The van der Waals surface area contributed by atoms with Gasteiger partial charge in [-0.2, -0.15) is 30.7 Å². The van der Waals surface area contributed by atoms with E-state index in [-0.39, 0.29) is 116 Å². The number of nitrogens with one attached hydrogen (secondary N) is 10. The van der Waals surface area contributed by atoms with Crippen molar-refractivity contribution in [1.82, 2.24) is 61.5 Å². The van der Waals surface area contributed by atoms with Gasteiger partial charge < -0.3 is 56.6 Å². The van der Waals surface area contributed by atoms with Gasteiger partial charge in [0.25, 0.3) is 27.8 Å². The summed E-state index contributed by atoms with van der Waals surface area (Å²) in [6.07, 6.45) is 18.6. The van der Waals surface area contributed by atoms with Crippen LogP contribution < -0.4 is 54.4 Å². The summed E-state index contributed by atoms with van der Waals surface area (Å²) in [5, 5.41) is 24.9. The van der Waals surface area contributed by atoms with Crippen LogP contribution in [0.4, 0.5) is 35.1 Å². The predicted octanol–water partition coefficient (Wildman–Crippen LogP) is 16.9. The summed E-state index contributed by atoms with van der Waals surface area (Å²) in [4.78, 5) is 142. The average Bonchev–Trinajstić information content (AvgIpc) is 1.77. The highest BCUT2D eigenvalue weighted by molar-refractivity contribution is 6.29. The van der Waals surface area contributed by atoms with Crippen LogP contribution in [0.2, 0.25) is 5.15 Å². The molecule has 12 heterocycles. The molecule has 5 saturated heterocycles. The van der Waals surface area contributed by atoms with Crippen LogP contribution in [0.15, 0.2) is 206 Å². The molecule has 0 unspecified atom stereocenters. The number of alkyl halides is 6. The Hall–Kier alpha value is -13.7. The topological polar surface area (TPSA) is 356 Å². The molecule has 32 heteroatoms. The third-order valence-electron chi connectivity index (χ3n) is 25.0. The maximum absolute atomic E-state index is 13.8. The number of hydrogen-bond acceptors (Lipinski definition) is 13. The molecule has 0 bridgehead atoms. The van der Waals surface area contributed by atoms with E-state index >= 15 is 0 Å². The molecule has 0 radical (unpaired) electrons. The van der Waals surface area contributed by atoms with E-state index in [1.54, 1.807) is 92.9 Å². The summed E-state index contributed by atoms with van der Waals surface area (Å²) in [5.41, 5.74) is 10.3. The Morgan fingerprint density at radius 2 is 0.672 bits per heavy atom. The van der Waals surface area contributed by atoms with Crippen LogP contribution in [0.25, 0.3) is 27.9 Å². The van der Waals surface area contributed by atoms with E-state index < -0.39 is 35.2 Å². The van der Waals surface area contributed by atoms with Crippen LogP contribution >= 0.6 is 11.6 Å². The van der Waals surface area contributed by atoms with E-state index in [9.17, 15) is 88.2 Å². The molecule has 5 amide bonds. The van der Waals surface area contributed by atoms with Crippen LogP contribution in [0.3, 0.4) is 0 Å². The number of halogens is 9. The lowest BCUT2D eigenvalue weighted by Crippen LogP contribution is -2.24. The number of H-pyrrole nitrogens is 5. The number of aryl methyl sites for hydroxylation is 2. The highest BCUT2D eigenvalue weighted by Crippen LogP contribution is 2.45. The Kier molecular flexibility index (Phi) is 27.9. The molecule has 3 aromatic carbocycles. The summed E-state index contributed by atoms with van der Waals surface area (Å²) in [7, 11) is 0. The van der Waals surface area contributed by atoms with Crippen LogP contribution in [-0.4, -0.2) is 99.7 Å². The maximum Gasteiger partial charge on any atom is 0.417 e. The van der Waals surface area contributed by atoms with Crippen molar-refractivity contribution in [2.75, 3.05) is 0 Å². The Labute approximate surface area is 768 Å². The highest BCUT2D eigenvalue weighted by atomic mass is 35.5. The van der Waals surface area contributed by atoms with E-state index in [0.717, 1.165) is 134 Å². The van der Waals surface area contributed by atoms with Crippen LogP contribution in [-0.2, 0) is 36.3 Å². The molecule has 10 aromatic rings. The normalized spacial score (nSPS) is 20.3. The van der Waals surface area contributed by atoms with Gasteiger partial charge in [0, 0.05) is 182 Å². The fourth-order valence-corrected chi connectivity index (χ4v) is 17.4. The summed E-state index contributed by atoms with van der Waals surface area (Å²) in [6, 6.07) is 35.3. The minimum atomic E-state index is -4.55. The second kappa shape index (κ2) is 40.0. The highest BCUT2D eigenvalue weighted by Gasteiger charge is 2.38. The van der Waals surface area contributed by atoms with Crippen molar-refractivity contribution in [2.45, 2.75) is 214 Å². The van der Waals surface area contributed by atoms with Gasteiger partial charge in [-0.1, -0.05) is 96.1 Å². The number of phenolic OH excluding ortho intramolecular Hbond substituents is 1. The summed E-state index contributed by atoms with van der Waals surface area (Å²) < 4.78 is 108. The minimum absolute atomic E-state index is 0.00964. The van der Waals surface area contributed by atoms with Crippen molar-refractivity contribution in [3.8, 4) is 5.75 Å². The molecular formula is C102H97ClF8N12O11. The lowest BCUT2D eigenvalue weighted by atomic mass is 9.93. The summed E-state index contributed by atoms with van der Waals surface area (Å²) in [6.45, 7) is 3.21. The third-order valence-corrected chi connectivity index (χ3v) is 25.3. The number of carbonyl (C=O) groups excluding carboxylic acids is 5. The number of benzene rings is 3. The SMILES string of the molecule is Cc1cc(/C(=C\[C@H]2CCC(=O)N2)c2ccc(C3CC3)c(=O)[nH]2)cc(C(F)(F)F)c1.Cc1ccc(/C(=C\[C@H]2CCC(=O)N2)c2ccc(C3CC3)c(=O)[nH]2)c(C(F)(F)F)c1.O=C1CC[C@H](/C=C(/c2ccc(C3CC3)c(=O)[nH]2)c2ccc(F)cc2O)N1.O=C1CC[C@H](/C=C(\c2ccc(Cl)nc2)c2ccc(C3CC3)c(=O)[nH]2)N1.O=C1CC[C@H](/C=C(\c2ccc(F)nc2)c2ccc(C3CC3)c(=O)[nH]2)N1. The molecule has 5 aliphatic carbocycles. The first-order valence-corrected chi connectivity index (χ1v) is 45.4. The number of amides is 5. The molecule has 5 saturated carbocycles. The summed E-state index contributed by atoms with van der Waals surface area (Å²) >= 11 is 5.89. The number of aromatic hydroxyl groups is 1. The number of aromatic amines is 5. The van der Waals surface area contributed by atoms with Crippen molar-refractivity contribution in [1.29, 1.82) is 0 Å². The van der Waals surface area contributed by atoms with Crippen molar-refractivity contribution in [3.05, 3.63) is 357 Å². The zero-order valence-electron chi connectivity index (χ0n) is 73.1. The van der Waals surface area contributed by atoms with Gasteiger partial charge >= 0.3 is 12.4 Å². The second-order valence-corrected chi connectivity index (χ2v) is 36.0. The van der Waals surface area contributed by atoms with Gasteiger partial charge in [0.2, 0.25) is 35.5 Å². The monoisotopic (exact) mass is 1850 g/mol. The Bertz CT molecular complexity index is 6560. The first-order valence-electron chi connectivity index (χ1n) is 45.0. The molecule has 694 valence electrons. The number of rotatable bonds is 20. The second-order valence-electron chi connectivity index (χ2n) is 35.7. The van der Waals surface area contributed by atoms with Gasteiger partial charge in [0.15, 0.2) is 0 Å². The number of hydrogen-bond donors (Lipinski definition) is 11. The van der Waals surface area contributed by atoms with Crippen LogP contribution in [0.1, 0.15) is 264 Å². The summed E-state index contributed by atoms with van der Waals surface area (Å²) in [5.74, 6) is 0.0716. The van der Waals surface area contributed by atoms with E-state index in [4.69, 9.17) is 11.6 Å². The zero-order valence-corrected chi connectivity index (χ0v) is 73.8. The van der Waals surface area contributed by atoms with Crippen LogP contribution in [0.5, 0.6) is 5.75 Å². The lowest BCUT2D eigenvalue weighted by Gasteiger charge is -2.18. The van der Waals surface area contributed by atoms with Crippen LogP contribution in [0, 0.1) is 25.6 Å². The molecule has 10 aliphatic rings. The van der Waals surface area contributed by atoms with E-state index in [1.807, 2.05) is 48.6 Å². The van der Waals surface area contributed by atoms with Gasteiger partial charge in [-0.3, -0.25) is 47.9 Å².